The Morgan fingerprint density at radius 1 is 1.40 bits per heavy atom. The Kier molecular flexibility index (Phi) is 3.53. The summed E-state index contributed by atoms with van der Waals surface area (Å²) in [6, 6.07) is 5.86. The Bertz CT molecular complexity index is 636. The second-order valence-corrected chi connectivity index (χ2v) is 6.33. The van der Waals surface area contributed by atoms with E-state index in [0.29, 0.717) is 5.69 Å². The van der Waals surface area contributed by atoms with E-state index in [1.54, 1.807) is 23.5 Å². The van der Waals surface area contributed by atoms with Gasteiger partial charge in [0, 0.05) is 16.5 Å². The Balaban J connectivity index is 1.68. The number of thiazole rings is 1. The van der Waals surface area contributed by atoms with Crippen LogP contribution in [0.25, 0.3) is 0 Å². The molecule has 20 heavy (non-hydrogen) atoms. The van der Waals surface area contributed by atoms with E-state index in [1.807, 2.05) is 6.92 Å². The van der Waals surface area contributed by atoms with Gasteiger partial charge in [0.25, 0.3) is 0 Å². The zero-order chi connectivity index (χ0) is 14.1. The normalized spacial score (nSPS) is 17.6. The Labute approximate surface area is 120 Å². The predicted molar refractivity (Wildman–Crippen MR) is 77.4 cm³/mol. The van der Waals surface area contributed by atoms with E-state index in [2.05, 4.69) is 10.3 Å². The number of halogens is 1. The molecule has 1 heterocycles. The van der Waals surface area contributed by atoms with Crippen molar-refractivity contribution in [2.45, 2.75) is 26.2 Å². The number of nitrogens with one attached hydrogen (secondary N) is 1. The van der Waals surface area contributed by atoms with Gasteiger partial charge in [-0.05, 0) is 50.5 Å². The van der Waals surface area contributed by atoms with Crippen molar-refractivity contribution >= 4 is 22.9 Å². The molecule has 1 aliphatic carbocycles. The number of benzene rings is 1. The largest absolute Gasteiger partial charge is 0.326 e. The van der Waals surface area contributed by atoms with Gasteiger partial charge >= 0.3 is 0 Å². The number of amides is 1. The first-order valence-electron chi connectivity index (χ1n) is 6.63. The van der Waals surface area contributed by atoms with Crippen LogP contribution in [0.4, 0.5) is 10.1 Å². The van der Waals surface area contributed by atoms with E-state index in [4.69, 9.17) is 0 Å². The van der Waals surface area contributed by atoms with E-state index in [-0.39, 0.29) is 17.6 Å². The first-order chi connectivity index (χ1) is 9.61. The van der Waals surface area contributed by atoms with Gasteiger partial charge in [-0.3, -0.25) is 4.79 Å². The maximum atomic E-state index is 12.8. The molecule has 104 valence electrons. The second kappa shape index (κ2) is 5.32. The number of hydrogen-bond acceptors (Lipinski definition) is 3. The molecular formula is C15H15FN2OS. The predicted octanol–water partition coefficient (Wildman–Crippen LogP) is 3.33. The minimum Gasteiger partial charge on any atom is -0.326 e. The fraction of sp³-hybridized carbons (Fsp3) is 0.333. The molecule has 1 N–H and O–H groups in total. The van der Waals surface area contributed by atoms with Crippen LogP contribution in [0.15, 0.2) is 24.3 Å². The van der Waals surface area contributed by atoms with Crippen molar-refractivity contribution in [3.05, 3.63) is 45.7 Å². The third-order valence-electron chi connectivity index (χ3n) is 3.53. The lowest BCUT2D eigenvalue weighted by Crippen LogP contribution is -2.27. The van der Waals surface area contributed by atoms with Crippen molar-refractivity contribution in [3.8, 4) is 0 Å². The van der Waals surface area contributed by atoms with Gasteiger partial charge in [-0.2, -0.15) is 0 Å². The first kappa shape index (κ1) is 13.2. The summed E-state index contributed by atoms with van der Waals surface area (Å²) >= 11 is 1.68. The molecule has 0 saturated carbocycles. The molecule has 0 fully saturated rings. The summed E-state index contributed by atoms with van der Waals surface area (Å²) < 4.78 is 12.8. The van der Waals surface area contributed by atoms with Crippen LogP contribution in [-0.4, -0.2) is 10.9 Å². The minimum absolute atomic E-state index is 0.00770. The number of rotatable bonds is 2. The number of carbonyl (C=O) groups excluding carboxylic acids is 1. The molecule has 0 aliphatic heterocycles. The van der Waals surface area contributed by atoms with Crippen LogP contribution in [0.3, 0.4) is 0 Å². The SMILES string of the molecule is Cc1nc2c(s1)CC(C(=O)Nc1ccc(F)cc1)CC2. The number of nitrogens with zero attached hydrogens (tertiary/aromatic N) is 1. The number of carbonyl (C=O) groups is 1. The Morgan fingerprint density at radius 3 is 2.90 bits per heavy atom. The maximum absolute atomic E-state index is 12.8. The smallest absolute Gasteiger partial charge is 0.227 e. The Morgan fingerprint density at radius 2 is 2.15 bits per heavy atom. The first-order valence-corrected chi connectivity index (χ1v) is 7.45. The molecule has 1 atom stereocenters. The highest BCUT2D eigenvalue weighted by atomic mass is 32.1. The highest BCUT2D eigenvalue weighted by Gasteiger charge is 2.27. The number of aryl methyl sites for hydroxylation is 2. The molecule has 2 aromatic rings. The highest BCUT2D eigenvalue weighted by Crippen LogP contribution is 2.30. The van der Waals surface area contributed by atoms with E-state index in [0.717, 1.165) is 30.0 Å². The molecule has 0 radical (unpaired) electrons. The minimum atomic E-state index is -0.301. The van der Waals surface area contributed by atoms with Gasteiger partial charge in [0.05, 0.1) is 10.7 Å². The van der Waals surface area contributed by atoms with Gasteiger partial charge in [-0.25, -0.2) is 9.37 Å². The molecule has 0 spiro atoms. The fourth-order valence-corrected chi connectivity index (χ4v) is 3.57. The maximum Gasteiger partial charge on any atom is 0.227 e. The third kappa shape index (κ3) is 2.72. The molecule has 5 heteroatoms. The van der Waals surface area contributed by atoms with Crippen molar-refractivity contribution in [2.24, 2.45) is 5.92 Å². The van der Waals surface area contributed by atoms with E-state index in [9.17, 15) is 9.18 Å². The average Bonchev–Trinajstić information content (AvgIpc) is 2.80. The van der Waals surface area contributed by atoms with Gasteiger partial charge in [0.1, 0.15) is 5.82 Å². The molecule has 1 aliphatic rings. The molecule has 1 unspecified atom stereocenters. The summed E-state index contributed by atoms with van der Waals surface area (Å²) in [6.45, 7) is 2.00. The fourth-order valence-electron chi connectivity index (χ4n) is 2.51. The molecular weight excluding hydrogens is 275 g/mol. The van der Waals surface area contributed by atoms with E-state index < -0.39 is 0 Å². The van der Waals surface area contributed by atoms with Crippen LogP contribution >= 0.6 is 11.3 Å². The van der Waals surface area contributed by atoms with Crippen LogP contribution < -0.4 is 5.32 Å². The number of fused-ring (bicyclic) bond motifs is 1. The summed E-state index contributed by atoms with van der Waals surface area (Å²) in [5.41, 5.74) is 1.79. The van der Waals surface area contributed by atoms with Crippen LogP contribution in [-0.2, 0) is 17.6 Å². The lowest BCUT2D eigenvalue weighted by molar-refractivity contribution is -0.120. The van der Waals surface area contributed by atoms with Crippen LogP contribution in [0, 0.1) is 18.7 Å². The summed E-state index contributed by atoms with van der Waals surface area (Å²) in [6.07, 6.45) is 2.44. The number of aromatic nitrogens is 1. The van der Waals surface area contributed by atoms with Gasteiger partial charge in [-0.1, -0.05) is 0 Å². The zero-order valence-corrected chi connectivity index (χ0v) is 12.0. The van der Waals surface area contributed by atoms with Crippen molar-refractivity contribution < 1.29 is 9.18 Å². The van der Waals surface area contributed by atoms with Gasteiger partial charge in [0.15, 0.2) is 0 Å². The summed E-state index contributed by atoms with van der Waals surface area (Å²) in [5, 5.41) is 3.92. The average molecular weight is 290 g/mol. The quantitative estimate of drug-likeness (QED) is 0.921. The summed E-state index contributed by atoms with van der Waals surface area (Å²) in [7, 11) is 0. The third-order valence-corrected chi connectivity index (χ3v) is 4.56. The molecule has 3 nitrogen and oxygen atoms in total. The lowest BCUT2D eigenvalue weighted by atomic mass is 9.90. The zero-order valence-electron chi connectivity index (χ0n) is 11.1. The van der Waals surface area contributed by atoms with Crippen LogP contribution in [0.5, 0.6) is 0 Å². The molecule has 0 bridgehead atoms. The van der Waals surface area contributed by atoms with E-state index in [1.165, 1.54) is 17.0 Å². The standard InChI is InChI=1S/C15H15FN2OS/c1-9-17-13-7-2-10(8-14(13)20-9)15(19)18-12-5-3-11(16)4-6-12/h3-6,10H,2,7-8H2,1H3,(H,18,19). The molecule has 1 aromatic heterocycles. The van der Waals surface area contributed by atoms with Gasteiger partial charge < -0.3 is 5.32 Å². The number of hydrogen-bond donors (Lipinski definition) is 1. The van der Waals surface area contributed by atoms with Gasteiger partial charge in [0.2, 0.25) is 5.91 Å². The molecule has 1 amide bonds. The van der Waals surface area contributed by atoms with Crippen molar-refractivity contribution in [2.75, 3.05) is 5.32 Å². The topological polar surface area (TPSA) is 42.0 Å². The molecule has 3 rings (SSSR count). The second-order valence-electron chi connectivity index (χ2n) is 5.04. The Hall–Kier alpha value is -1.75. The van der Waals surface area contributed by atoms with Gasteiger partial charge in [-0.15, -0.1) is 11.3 Å². The summed E-state index contributed by atoms with van der Waals surface area (Å²) in [4.78, 5) is 18.0. The van der Waals surface area contributed by atoms with Crippen LogP contribution in [0.2, 0.25) is 0 Å². The van der Waals surface area contributed by atoms with Crippen molar-refractivity contribution in [1.82, 2.24) is 4.98 Å². The summed E-state index contributed by atoms with van der Waals surface area (Å²) in [5.74, 6) is -0.314. The van der Waals surface area contributed by atoms with Crippen LogP contribution in [0.1, 0.15) is 22.0 Å². The highest BCUT2D eigenvalue weighted by molar-refractivity contribution is 7.11. The monoisotopic (exact) mass is 290 g/mol. The molecule has 1 aromatic carbocycles. The number of anilines is 1. The van der Waals surface area contributed by atoms with Crippen molar-refractivity contribution in [3.63, 3.8) is 0 Å². The lowest BCUT2D eigenvalue weighted by Gasteiger charge is -2.20. The van der Waals surface area contributed by atoms with Crippen molar-refractivity contribution in [1.29, 1.82) is 0 Å². The van der Waals surface area contributed by atoms with E-state index >= 15 is 0 Å². The molecule has 0 saturated heterocycles.